The van der Waals surface area contributed by atoms with Crippen LogP contribution >= 0.6 is 0 Å². The number of aliphatic hydroxyl groups excluding tert-OH is 1. The van der Waals surface area contributed by atoms with Gasteiger partial charge >= 0.3 is 6.18 Å². The van der Waals surface area contributed by atoms with E-state index in [9.17, 15) is 18.0 Å². The van der Waals surface area contributed by atoms with Gasteiger partial charge in [-0.3, -0.25) is 4.79 Å². The molecule has 0 radical (unpaired) electrons. The van der Waals surface area contributed by atoms with Crippen molar-refractivity contribution in [3.8, 4) is 11.5 Å². The number of fused-ring (bicyclic) bond motifs is 1. The number of hydrogen-bond acceptors (Lipinski definition) is 5. The van der Waals surface area contributed by atoms with Gasteiger partial charge < -0.3 is 25.2 Å². The summed E-state index contributed by atoms with van der Waals surface area (Å²) in [4.78, 5) is 14.2. The molecule has 192 valence electrons. The second-order valence-electron chi connectivity index (χ2n) is 8.37. The molecule has 0 bridgehead atoms. The van der Waals surface area contributed by atoms with E-state index in [0.29, 0.717) is 37.1 Å². The van der Waals surface area contributed by atoms with E-state index in [1.165, 1.54) is 12.1 Å². The van der Waals surface area contributed by atoms with Crippen molar-refractivity contribution in [2.24, 2.45) is 11.7 Å². The zero-order valence-corrected chi connectivity index (χ0v) is 19.3. The molecular formula is C26H33F3N2O4. The van der Waals surface area contributed by atoms with Gasteiger partial charge in [0.15, 0.2) is 18.1 Å². The molecule has 3 rings (SSSR count). The zero-order chi connectivity index (χ0) is 30.8. The molecule has 2 aromatic carbocycles. The van der Waals surface area contributed by atoms with Crippen LogP contribution in [0.5, 0.6) is 11.5 Å². The van der Waals surface area contributed by atoms with Crippen molar-refractivity contribution in [1.82, 2.24) is 0 Å². The van der Waals surface area contributed by atoms with Crippen LogP contribution in [0.25, 0.3) is 0 Å². The topological polar surface area (TPSA) is 85.0 Å². The van der Waals surface area contributed by atoms with Crippen LogP contribution in [0.3, 0.4) is 0 Å². The Morgan fingerprint density at radius 1 is 1.26 bits per heavy atom. The Morgan fingerprint density at radius 2 is 1.97 bits per heavy atom. The molecular weight excluding hydrogens is 461 g/mol. The van der Waals surface area contributed by atoms with Gasteiger partial charge in [0.1, 0.15) is 0 Å². The number of carbonyl (C=O) groups is 1. The number of hydrogen-bond donors (Lipinski definition) is 2. The van der Waals surface area contributed by atoms with Crippen molar-refractivity contribution in [2.75, 3.05) is 37.7 Å². The number of nitrogens with two attached hydrogens (primary N) is 1. The standard InChI is InChI=1S/C26H33F3N2O4/c1-18(6-4-13-34-22-7-2-3-8-23(22)35-17-26(27,28)29)14-19-15-20-9-11-31(10-5-12-32)24(20)21(16-19)25(30)33/h2-3,7-8,15-16,18,32H,4-6,9-14,17H2,1H3,(H2,30,33)/t18-/m0/s1/i4D2,13D2,17D2. The number of carbonyl (C=O) groups excluding carboxylic acids is 1. The summed E-state index contributed by atoms with van der Waals surface area (Å²) >= 11 is 0. The molecule has 0 saturated heterocycles. The Labute approximate surface area is 212 Å². The molecule has 0 saturated carbocycles. The summed E-state index contributed by atoms with van der Waals surface area (Å²) in [5.74, 6) is -2.44. The Morgan fingerprint density at radius 3 is 2.63 bits per heavy atom. The van der Waals surface area contributed by atoms with Gasteiger partial charge in [0.25, 0.3) is 5.91 Å². The minimum absolute atomic E-state index is 0.00788. The van der Waals surface area contributed by atoms with Crippen LogP contribution in [0.1, 0.15) is 55.8 Å². The van der Waals surface area contributed by atoms with Crippen LogP contribution in [-0.4, -0.2) is 50.0 Å². The quantitative estimate of drug-likeness (QED) is 0.423. The molecule has 35 heavy (non-hydrogen) atoms. The van der Waals surface area contributed by atoms with Crippen molar-refractivity contribution >= 4 is 11.6 Å². The molecule has 1 heterocycles. The maximum Gasteiger partial charge on any atom is 0.422 e. The monoisotopic (exact) mass is 500 g/mol. The molecule has 0 spiro atoms. The van der Waals surface area contributed by atoms with Crippen LogP contribution in [0.2, 0.25) is 0 Å². The number of benzene rings is 2. The maximum atomic E-state index is 13.0. The smallest absolute Gasteiger partial charge is 0.422 e. The lowest BCUT2D eigenvalue weighted by molar-refractivity contribution is -0.153. The fraction of sp³-hybridized carbons (Fsp3) is 0.500. The largest absolute Gasteiger partial charge is 0.490 e. The lowest BCUT2D eigenvalue weighted by Crippen LogP contribution is -2.25. The number of aliphatic hydroxyl groups is 1. The summed E-state index contributed by atoms with van der Waals surface area (Å²) in [7, 11) is 0. The molecule has 6 nitrogen and oxygen atoms in total. The van der Waals surface area contributed by atoms with Gasteiger partial charge in [-0.25, -0.2) is 0 Å². The summed E-state index contributed by atoms with van der Waals surface area (Å²) in [5.41, 5.74) is 8.29. The van der Waals surface area contributed by atoms with Gasteiger partial charge in [0, 0.05) is 22.4 Å². The van der Waals surface area contributed by atoms with E-state index in [0.717, 1.165) is 23.4 Å². The van der Waals surface area contributed by atoms with E-state index in [2.05, 4.69) is 4.74 Å². The number of anilines is 1. The highest BCUT2D eigenvalue weighted by Crippen LogP contribution is 2.34. The van der Waals surface area contributed by atoms with Gasteiger partial charge in [-0.05, 0) is 67.3 Å². The number of amides is 1. The first-order valence-corrected chi connectivity index (χ1v) is 11.2. The van der Waals surface area contributed by atoms with Crippen LogP contribution in [-0.2, 0) is 12.8 Å². The van der Waals surface area contributed by atoms with E-state index < -0.39 is 49.0 Å². The summed E-state index contributed by atoms with van der Waals surface area (Å²) in [6.45, 7) is -4.23. The molecule has 1 atom stereocenters. The molecule has 3 N–H and O–H groups in total. The first kappa shape index (κ1) is 19.3. The number of alkyl halides is 3. The molecule has 2 aromatic rings. The van der Waals surface area contributed by atoms with Gasteiger partial charge in [-0.2, -0.15) is 13.2 Å². The van der Waals surface area contributed by atoms with Gasteiger partial charge in [0.05, 0.1) is 23.3 Å². The summed E-state index contributed by atoms with van der Waals surface area (Å²) in [6.07, 6.45) is -6.93. The number of nitrogens with zero attached hydrogens (tertiary/aromatic N) is 1. The van der Waals surface area contributed by atoms with Crippen molar-refractivity contribution in [1.29, 1.82) is 0 Å². The first-order chi connectivity index (χ1) is 18.9. The van der Waals surface area contributed by atoms with Gasteiger partial charge in [0.2, 0.25) is 0 Å². The normalized spacial score (nSPS) is 17.8. The van der Waals surface area contributed by atoms with Crippen LogP contribution < -0.4 is 20.1 Å². The molecule has 1 aliphatic rings. The minimum atomic E-state index is -5.38. The number of halogens is 3. The third kappa shape index (κ3) is 7.78. The van der Waals surface area contributed by atoms with E-state index >= 15 is 0 Å². The lowest BCUT2D eigenvalue weighted by Gasteiger charge is -2.22. The van der Waals surface area contributed by atoms with Crippen LogP contribution in [0.4, 0.5) is 18.9 Å². The predicted octanol–water partition coefficient (Wildman–Crippen LogP) is 4.51. The summed E-state index contributed by atoms with van der Waals surface area (Å²) in [6, 6.07) is 8.09. The molecule has 0 aliphatic carbocycles. The molecule has 1 aliphatic heterocycles. The molecule has 0 fully saturated rings. The lowest BCUT2D eigenvalue weighted by atomic mass is 9.93. The second-order valence-corrected chi connectivity index (χ2v) is 8.37. The average molecular weight is 501 g/mol. The van der Waals surface area contributed by atoms with Gasteiger partial charge in [-0.15, -0.1) is 0 Å². The zero-order valence-electron chi connectivity index (χ0n) is 25.3. The second kappa shape index (κ2) is 12.2. The highest BCUT2D eigenvalue weighted by atomic mass is 19.4. The Balaban J connectivity index is 1.77. The number of rotatable bonds is 13. The fourth-order valence-electron chi connectivity index (χ4n) is 4.00. The Kier molecular flexibility index (Phi) is 6.69. The third-order valence-electron chi connectivity index (χ3n) is 5.46. The molecule has 0 aromatic heterocycles. The minimum Gasteiger partial charge on any atom is -0.490 e. The van der Waals surface area contributed by atoms with E-state index in [-0.39, 0.29) is 19.4 Å². The SMILES string of the molecule is [2H]C([2H])(C[C@H](C)Cc1cc2c(c(C(N)=O)c1)N(CCCO)CC2)C([2H])([2H])Oc1ccccc1OC([2H])([2H])C(F)(F)F. The summed E-state index contributed by atoms with van der Waals surface area (Å²) < 4.78 is 96.3. The number of ether oxygens (including phenoxy) is 2. The van der Waals surface area contributed by atoms with Crippen molar-refractivity contribution < 1.29 is 40.8 Å². The summed E-state index contributed by atoms with van der Waals surface area (Å²) in [5, 5.41) is 9.17. The Bertz CT molecular complexity index is 1250. The molecule has 0 unspecified atom stereocenters. The maximum absolute atomic E-state index is 13.0. The molecule has 9 heteroatoms. The van der Waals surface area contributed by atoms with Gasteiger partial charge in [-0.1, -0.05) is 25.1 Å². The number of para-hydroxylation sites is 2. The average Bonchev–Trinajstić information content (AvgIpc) is 3.24. The van der Waals surface area contributed by atoms with Crippen molar-refractivity contribution in [3.63, 3.8) is 0 Å². The highest BCUT2D eigenvalue weighted by molar-refractivity contribution is 6.00. The fourth-order valence-corrected chi connectivity index (χ4v) is 4.00. The molecule has 1 amide bonds. The predicted molar refractivity (Wildman–Crippen MR) is 128 cm³/mol. The van der Waals surface area contributed by atoms with E-state index in [1.54, 1.807) is 13.0 Å². The Hall–Kier alpha value is -2.94. The third-order valence-corrected chi connectivity index (χ3v) is 5.46. The first-order valence-electron chi connectivity index (χ1n) is 14.2. The van der Waals surface area contributed by atoms with E-state index in [4.69, 9.17) is 23.8 Å². The van der Waals surface area contributed by atoms with E-state index in [1.807, 2.05) is 11.0 Å². The highest BCUT2D eigenvalue weighted by Gasteiger charge is 2.29. The van der Waals surface area contributed by atoms with Crippen molar-refractivity contribution in [3.05, 3.63) is 53.1 Å². The number of primary amides is 1. The van der Waals surface area contributed by atoms with Crippen molar-refractivity contribution in [2.45, 2.75) is 45.2 Å². The van der Waals surface area contributed by atoms with Crippen LogP contribution in [0, 0.1) is 5.92 Å². The van der Waals surface area contributed by atoms with Crippen LogP contribution in [0.15, 0.2) is 36.4 Å².